The van der Waals surface area contributed by atoms with Crippen LogP contribution >= 0.6 is 0 Å². The van der Waals surface area contributed by atoms with Gasteiger partial charge in [0.05, 0.1) is 18.0 Å². The summed E-state index contributed by atoms with van der Waals surface area (Å²) in [5, 5.41) is 13.6. The molecule has 0 unspecified atom stereocenters. The van der Waals surface area contributed by atoms with Gasteiger partial charge in [-0.3, -0.25) is 0 Å². The van der Waals surface area contributed by atoms with Gasteiger partial charge < -0.3 is 5.11 Å². The van der Waals surface area contributed by atoms with E-state index in [2.05, 4.69) is 5.10 Å². The monoisotopic (exact) mass is 284 g/mol. The highest BCUT2D eigenvalue weighted by atomic mass is 32.2. The first-order valence-corrected chi connectivity index (χ1v) is 7.41. The van der Waals surface area contributed by atoms with Crippen LogP contribution in [0, 0.1) is 5.82 Å². The standard InChI is InChI=1S/C12H13FN2O3S/c1-8(16)11-5-9(13)3-4-12(11)15-7-10(6-14-15)19(2,17)18/h3-8,16H,1-2H3/t8-/m0/s1. The Labute approximate surface area is 110 Å². The molecule has 1 aromatic heterocycles. The predicted octanol–water partition coefficient (Wildman–Crippen LogP) is 1.47. The molecule has 0 aliphatic rings. The molecule has 1 N–H and O–H groups in total. The quantitative estimate of drug-likeness (QED) is 0.926. The Hall–Kier alpha value is -1.73. The first-order valence-electron chi connectivity index (χ1n) is 5.51. The Morgan fingerprint density at radius 1 is 1.42 bits per heavy atom. The normalized spacial score (nSPS) is 13.5. The summed E-state index contributed by atoms with van der Waals surface area (Å²) in [4.78, 5) is 0.0633. The van der Waals surface area contributed by atoms with Gasteiger partial charge in [-0.1, -0.05) is 0 Å². The van der Waals surface area contributed by atoms with Crippen molar-refractivity contribution in [3.05, 3.63) is 42.0 Å². The zero-order valence-electron chi connectivity index (χ0n) is 10.4. The molecule has 19 heavy (non-hydrogen) atoms. The number of benzene rings is 1. The summed E-state index contributed by atoms with van der Waals surface area (Å²) in [6.45, 7) is 1.50. The van der Waals surface area contributed by atoms with E-state index in [4.69, 9.17) is 0 Å². The number of nitrogens with zero attached hydrogens (tertiary/aromatic N) is 2. The van der Waals surface area contributed by atoms with Crippen molar-refractivity contribution in [3.8, 4) is 5.69 Å². The van der Waals surface area contributed by atoms with E-state index in [9.17, 15) is 17.9 Å². The van der Waals surface area contributed by atoms with Crippen LogP contribution in [-0.4, -0.2) is 29.6 Å². The summed E-state index contributed by atoms with van der Waals surface area (Å²) in [7, 11) is -3.35. The largest absolute Gasteiger partial charge is 0.389 e. The summed E-state index contributed by atoms with van der Waals surface area (Å²) < 4.78 is 37.3. The molecule has 0 fully saturated rings. The lowest BCUT2D eigenvalue weighted by atomic mass is 10.1. The molecule has 102 valence electrons. The van der Waals surface area contributed by atoms with Gasteiger partial charge in [-0.15, -0.1) is 0 Å². The molecular weight excluding hydrogens is 271 g/mol. The van der Waals surface area contributed by atoms with Gasteiger partial charge in [-0.2, -0.15) is 5.10 Å². The maximum atomic E-state index is 13.2. The average molecular weight is 284 g/mol. The van der Waals surface area contributed by atoms with Crippen molar-refractivity contribution in [3.63, 3.8) is 0 Å². The molecule has 7 heteroatoms. The van der Waals surface area contributed by atoms with Gasteiger partial charge in [0.1, 0.15) is 10.7 Å². The molecule has 5 nitrogen and oxygen atoms in total. The van der Waals surface area contributed by atoms with E-state index in [1.165, 1.54) is 42.2 Å². The molecule has 0 aliphatic carbocycles. The van der Waals surface area contributed by atoms with Crippen LogP contribution in [0.25, 0.3) is 5.69 Å². The summed E-state index contributed by atoms with van der Waals surface area (Å²) in [5.41, 5.74) is 0.773. The smallest absolute Gasteiger partial charge is 0.178 e. The van der Waals surface area contributed by atoms with Crippen LogP contribution in [0.5, 0.6) is 0 Å². The number of aliphatic hydroxyl groups is 1. The Morgan fingerprint density at radius 2 is 2.11 bits per heavy atom. The zero-order chi connectivity index (χ0) is 14.2. The van der Waals surface area contributed by atoms with E-state index in [0.717, 1.165) is 6.26 Å². The van der Waals surface area contributed by atoms with Gasteiger partial charge in [-0.05, 0) is 25.1 Å². The minimum atomic E-state index is -3.35. The summed E-state index contributed by atoms with van der Waals surface area (Å²) in [6.07, 6.45) is 2.73. The van der Waals surface area contributed by atoms with Gasteiger partial charge in [-0.25, -0.2) is 17.5 Å². The van der Waals surface area contributed by atoms with Crippen LogP contribution in [0.15, 0.2) is 35.5 Å². The van der Waals surface area contributed by atoms with Crippen molar-refractivity contribution in [2.75, 3.05) is 6.26 Å². The van der Waals surface area contributed by atoms with Gasteiger partial charge in [0.15, 0.2) is 9.84 Å². The lowest BCUT2D eigenvalue weighted by molar-refractivity contribution is 0.198. The highest BCUT2D eigenvalue weighted by molar-refractivity contribution is 7.90. The Morgan fingerprint density at radius 3 is 2.63 bits per heavy atom. The van der Waals surface area contributed by atoms with E-state index in [-0.39, 0.29) is 4.90 Å². The highest BCUT2D eigenvalue weighted by Gasteiger charge is 2.15. The molecule has 1 atom stereocenters. The van der Waals surface area contributed by atoms with Crippen LogP contribution in [0.3, 0.4) is 0 Å². The Balaban J connectivity index is 2.56. The molecule has 0 radical (unpaired) electrons. The van der Waals surface area contributed by atoms with Gasteiger partial charge in [0.25, 0.3) is 0 Å². The molecule has 0 bridgehead atoms. The summed E-state index contributed by atoms with van der Waals surface area (Å²) in [6, 6.07) is 3.86. The number of rotatable bonds is 3. The molecule has 2 aromatic rings. The minimum absolute atomic E-state index is 0.0633. The van der Waals surface area contributed by atoms with Crippen LogP contribution in [0.4, 0.5) is 4.39 Å². The van der Waals surface area contributed by atoms with E-state index in [0.29, 0.717) is 11.3 Å². The SMILES string of the molecule is C[C@H](O)c1cc(F)ccc1-n1cc(S(C)(=O)=O)cn1. The molecule has 0 saturated heterocycles. The van der Waals surface area contributed by atoms with Crippen molar-refractivity contribution in [1.29, 1.82) is 0 Å². The molecule has 2 rings (SSSR count). The van der Waals surface area contributed by atoms with E-state index in [1.54, 1.807) is 0 Å². The van der Waals surface area contributed by atoms with Crippen LogP contribution < -0.4 is 0 Å². The fraction of sp³-hybridized carbons (Fsp3) is 0.250. The van der Waals surface area contributed by atoms with E-state index in [1.807, 2.05) is 0 Å². The first kappa shape index (κ1) is 13.7. The Kier molecular flexibility index (Phi) is 3.42. The van der Waals surface area contributed by atoms with Crippen molar-refractivity contribution >= 4 is 9.84 Å². The molecular formula is C12H13FN2O3S. The van der Waals surface area contributed by atoms with Gasteiger partial charge in [0.2, 0.25) is 0 Å². The minimum Gasteiger partial charge on any atom is -0.389 e. The number of hydrogen-bond acceptors (Lipinski definition) is 4. The number of hydrogen-bond donors (Lipinski definition) is 1. The fourth-order valence-electron chi connectivity index (χ4n) is 1.70. The first-order chi connectivity index (χ1) is 8.79. The maximum Gasteiger partial charge on any atom is 0.178 e. The molecule has 0 aliphatic heterocycles. The van der Waals surface area contributed by atoms with E-state index >= 15 is 0 Å². The second-order valence-corrected chi connectivity index (χ2v) is 6.29. The summed E-state index contributed by atoms with van der Waals surface area (Å²) >= 11 is 0. The summed E-state index contributed by atoms with van der Waals surface area (Å²) in [5.74, 6) is -0.477. The second-order valence-electron chi connectivity index (χ2n) is 4.27. The topological polar surface area (TPSA) is 72.2 Å². The number of aliphatic hydroxyl groups excluding tert-OH is 1. The fourth-order valence-corrected chi connectivity index (χ4v) is 2.23. The lowest BCUT2D eigenvalue weighted by Gasteiger charge is -2.11. The predicted molar refractivity (Wildman–Crippen MR) is 67.3 cm³/mol. The highest BCUT2D eigenvalue weighted by Crippen LogP contribution is 2.23. The third-order valence-electron chi connectivity index (χ3n) is 2.67. The van der Waals surface area contributed by atoms with E-state index < -0.39 is 21.8 Å². The molecule has 0 amide bonds. The maximum absolute atomic E-state index is 13.2. The van der Waals surface area contributed by atoms with Gasteiger partial charge >= 0.3 is 0 Å². The zero-order valence-corrected chi connectivity index (χ0v) is 11.2. The van der Waals surface area contributed by atoms with Crippen molar-refractivity contribution in [2.24, 2.45) is 0 Å². The van der Waals surface area contributed by atoms with Crippen molar-refractivity contribution < 1.29 is 17.9 Å². The number of halogens is 1. The molecule has 1 aromatic carbocycles. The van der Waals surface area contributed by atoms with Crippen LogP contribution in [0.1, 0.15) is 18.6 Å². The number of sulfone groups is 1. The molecule has 0 saturated carbocycles. The Bertz CT molecular complexity index is 708. The third-order valence-corrected chi connectivity index (χ3v) is 3.74. The second kappa shape index (κ2) is 4.75. The molecule has 1 heterocycles. The van der Waals surface area contributed by atoms with Gasteiger partial charge in [0, 0.05) is 18.0 Å². The van der Waals surface area contributed by atoms with Crippen LogP contribution in [-0.2, 0) is 9.84 Å². The third kappa shape index (κ3) is 2.82. The van der Waals surface area contributed by atoms with Crippen molar-refractivity contribution in [2.45, 2.75) is 17.9 Å². The number of aromatic nitrogens is 2. The van der Waals surface area contributed by atoms with Crippen molar-refractivity contribution in [1.82, 2.24) is 9.78 Å². The average Bonchev–Trinajstić information content (AvgIpc) is 2.77. The lowest BCUT2D eigenvalue weighted by Crippen LogP contribution is -2.04. The molecule has 0 spiro atoms. The van der Waals surface area contributed by atoms with Crippen LogP contribution in [0.2, 0.25) is 0 Å².